The average Bonchev–Trinajstić information content (AvgIpc) is 3.18. The summed E-state index contributed by atoms with van der Waals surface area (Å²) in [5.41, 5.74) is 3.57. The summed E-state index contributed by atoms with van der Waals surface area (Å²) in [6, 6.07) is -0.0286. The lowest BCUT2D eigenvalue weighted by molar-refractivity contribution is -0.140. The average molecular weight is 401 g/mol. The monoisotopic (exact) mass is 401 g/mol. The van der Waals surface area contributed by atoms with E-state index in [-0.39, 0.29) is 42.0 Å². The third-order valence-corrected chi connectivity index (χ3v) is 5.88. The van der Waals surface area contributed by atoms with E-state index in [1.807, 2.05) is 32.4 Å². The smallest absolute Gasteiger partial charge is 0.276 e. The lowest BCUT2D eigenvalue weighted by atomic mass is 10.0. The molecule has 0 aromatic carbocycles. The van der Waals surface area contributed by atoms with Crippen LogP contribution in [0.15, 0.2) is 23.2 Å². The van der Waals surface area contributed by atoms with Crippen molar-refractivity contribution in [1.29, 1.82) is 0 Å². The van der Waals surface area contributed by atoms with Crippen LogP contribution in [0.3, 0.4) is 0 Å². The number of piperazine rings is 1. The summed E-state index contributed by atoms with van der Waals surface area (Å²) in [6.07, 6.45) is 1.32. The molecule has 3 aliphatic heterocycles. The van der Waals surface area contributed by atoms with Crippen LogP contribution < -0.4 is 5.32 Å². The topological polar surface area (TPSA) is 99.9 Å². The molecule has 2 atom stereocenters. The molecule has 2 fully saturated rings. The van der Waals surface area contributed by atoms with Gasteiger partial charge in [0.25, 0.3) is 5.91 Å². The first-order valence-corrected chi connectivity index (χ1v) is 9.96. The van der Waals surface area contributed by atoms with Crippen LogP contribution in [0.25, 0.3) is 0 Å². The number of aromatic nitrogens is 2. The SMILES string of the molecule is CCn1nc(C)c(CNC(=O)C2=CN3C[C@H]4OC[C@H](C)N4C(=O)C3=C(O)C2)c1C. The number of hydrogen-bond donors (Lipinski definition) is 2. The van der Waals surface area contributed by atoms with Crippen LogP contribution in [-0.2, 0) is 27.4 Å². The van der Waals surface area contributed by atoms with E-state index < -0.39 is 0 Å². The van der Waals surface area contributed by atoms with Gasteiger partial charge in [0.05, 0.1) is 24.9 Å². The van der Waals surface area contributed by atoms with Crippen molar-refractivity contribution in [2.45, 2.75) is 59.5 Å². The second kappa shape index (κ2) is 7.22. The van der Waals surface area contributed by atoms with Gasteiger partial charge in [0.2, 0.25) is 5.91 Å². The minimum atomic E-state index is -0.363. The maximum atomic E-state index is 12.8. The first kappa shape index (κ1) is 19.5. The van der Waals surface area contributed by atoms with Gasteiger partial charge in [0, 0.05) is 42.5 Å². The Morgan fingerprint density at radius 1 is 1.41 bits per heavy atom. The molecule has 0 aliphatic carbocycles. The van der Waals surface area contributed by atoms with Gasteiger partial charge in [-0.3, -0.25) is 14.3 Å². The molecule has 156 valence electrons. The normalized spacial score (nSPS) is 23.9. The number of ether oxygens (including phenoxy) is 1. The Morgan fingerprint density at radius 2 is 2.17 bits per heavy atom. The molecule has 2 N–H and O–H groups in total. The first-order valence-electron chi connectivity index (χ1n) is 9.96. The predicted octanol–water partition coefficient (Wildman–Crippen LogP) is 1.08. The standard InChI is InChI=1S/C20H27N5O4/c1-5-24-13(4)15(12(3)22-24)7-21-19(27)14-6-16(26)18-20(28)25-11(2)10-29-17(25)9-23(18)8-14/h8,11,17,26H,5-7,9-10H2,1-4H3,(H,21,27)/t11-,17+/m0/s1. The quantitative estimate of drug-likeness (QED) is 0.783. The van der Waals surface area contributed by atoms with Gasteiger partial charge in [0.15, 0.2) is 6.23 Å². The van der Waals surface area contributed by atoms with Gasteiger partial charge in [-0.1, -0.05) is 0 Å². The van der Waals surface area contributed by atoms with Crippen LogP contribution in [0, 0.1) is 13.8 Å². The Kier molecular flexibility index (Phi) is 4.85. The molecular formula is C20H27N5O4. The first-order chi connectivity index (χ1) is 13.8. The third-order valence-electron chi connectivity index (χ3n) is 5.88. The van der Waals surface area contributed by atoms with Crippen LogP contribution >= 0.6 is 0 Å². The largest absolute Gasteiger partial charge is 0.510 e. The van der Waals surface area contributed by atoms with Crippen molar-refractivity contribution in [3.8, 4) is 0 Å². The minimum absolute atomic E-state index is 0.0286. The lowest BCUT2D eigenvalue weighted by Gasteiger charge is -2.40. The van der Waals surface area contributed by atoms with Gasteiger partial charge >= 0.3 is 0 Å². The highest BCUT2D eigenvalue weighted by atomic mass is 16.5. The molecule has 9 heteroatoms. The number of fused-ring (bicyclic) bond motifs is 2. The Labute approximate surface area is 169 Å². The maximum absolute atomic E-state index is 12.8. The summed E-state index contributed by atoms with van der Waals surface area (Å²) in [5, 5.41) is 17.9. The zero-order valence-corrected chi connectivity index (χ0v) is 17.2. The number of carbonyl (C=O) groups is 2. The molecule has 2 saturated heterocycles. The van der Waals surface area contributed by atoms with Crippen molar-refractivity contribution in [3.05, 3.63) is 40.2 Å². The highest BCUT2D eigenvalue weighted by Crippen LogP contribution is 2.33. The molecule has 0 unspecified atom stereocenters. The second-order valence-electron chi connectivity index (χ2n) is 7.78. The Morgan fingerprint density at radius 3 is 2.86 bits per heavy atom. The van der Waals surface area contributed by atoms with E-state index in [1.165, 1.54) is 0 Å². The fourth-order valence-corrected chi connectivity index (χ4v) is 4.29. The highest BCUT2D eigenvalue weighted by molar-refractivity contribution is 5.98. The number of aliphatic hydroxyl groups is 1. The van der Waals surface area contributed by atoms with E-state index in [9.17, 15) is 14.7 Å². The van der Waals surface area contributed by atoms with Crippen molar-refractivity contribution in [2.75, 3.05) is 13.2 Å². The van der Waals surface area contributed by atoms with E-state index >= 15 is 0 Å². The number of hydrogen-bond acceptors (Lipinski definition) is 6. The Balaban J connectivity index is 1.49. The molecule has 0 radical (unpaired) electrons. The zero-order valence-electron chi connectivity index (χ0n) is 17.2. The molecule has 4 rings (SSSR count). The molecule has 1 aromatic heterocycles. The van der Waals surface area contributed by atoms with Crippen molar-refractivity contribution >= 4 is 11.8 Å². The minimum Gasteiger partial charge on any atom is -0.510 e. The van der Waals surface area contributed by atoms with Crippen molar-refractivity contribution < 1.29 is 19.4 Å². The number of aliphatic hydroxyl groups excluding tert-OH is 1. The number of amides is 2. The molecule has 29 heavy (non-hydrogen) atoms. The fraction of sp³-hybridized carbons (Fsp3) is 0.550. The van der Waals surface area contributed by atoms with Crippen molar-refractivity contribution in [1.82, 2.24) is 24.9 Å². The number of allylic oxidation sites excluding steroid dienone is 1. The summed E-state index contributed by atoms with van der Waals surface area (Å²) in [7, 11) is 0. The van der Waals surface area contributed by atoms with E-state index in [0.29, 0.717) is 25.3 Å². The second-order valence-corrected chi connectivity index (χ2v) is 7.78. The molecule has 4 heterocycles. The Bertz CT molecular complexity index is 932. The third kappa shape index (κ3) is 3.19. The van der Waals surface area contributed by atoms with Crippen LogP contribution in [0.2, 0.25) is 0 Å². The van der Waals surface area contributed by atoms with Gasteiger partial charge in [-0.05, 0) is 27.7 Å². The molecule has 9 nitrogen and oxygen atoms in total. The van der Waals surface area contributed by atoms with E-state index in [0.717, 1.165) is 23.5 Å². The van der Waals surface area contributed by atoms with Crippen molar-refractivity contribution in [3.63, 3.8) is 0 Å². The molecule has 3 aliphatic rings. The van der Waals surface area contributed by atoms with Crippen LogP contribution in [0.1, 0.15) is 37.2 Å². The summed E-state index contributed by atoms with van der Waals surface area (Å²) in [5.74, 6) is -0.599. The fourth-order valence-electron chi connectivity index (χ4n) is 4.29. The zero-order chi connectivity index (χ0) is 20.9. The Hall–Kier alpha value is -2.81. The molecular weight excluding hydrogens is 374 g/mol. The van der Waals surface area contributed by atoms with Gasteiger partial charge < -0.3 is 25.0 Å². The van der Waals surface area contributed by atoms with Crippen molar-refractivity contribution in [2.24, 2.45) is 0 Å². The predicted molar refractivity (Wildman–Crippen MR) is 104 cm³/mol. The number of nitrogens with zero attached hydrogens (tertiary/aromatic N) is 4. The van der Waals surface area contributed by atoms with Gasteiger partial charge in [-0.25, -0.2) is 0 Å². The van der Waals surface area contributed by atoms with Gasteiger partial charge in [0.1, 0.15) is 11.5 Å². The van der Waals surface area contributed by atoms with Gasteiger partial charge in [-0.15, -0.1) is 0 Å². The van der Waals surface area contributed by atoms with Crippen LogP contribution in [0.4, 0.5) is 0 Å². The summed E-state index contributed by atoms with van der Waals surface area (Å²) in [6.45, 7) is 9.86. The molecule has 0 saturated carbocycles. The van der Waals surface area contributed by atoms with E-state index in [4.69, 9.17) is 4.74 Å². The summed E-state index contributed by atoms with van der Waals surface area (Å²) < 4.78 is 7.59. The lowest BCUT2D eigenvalue weighted by Crippen LogP contribution is -2.54. The molecule has 0 spiro atoms. The number of rotatable bonds is 4. The maximum Gasteiger partial charge on any atom is 0.276 e. The van der Waals surface area contributed by atoms with Crippen LogP contribution in [-0.4, -0.2) is 61.9 Å². The number of nitrogens with one attached hydrogen (secondary N) is 1. The number of aryl methyl sites for hydroxylation is 2. The number of carbonyl (C=O) groups excluding carboxylic acids is 2. The summed E-state index contributed by atoms with van der Waals surface area (Å²) in [4.78, 5) is 28.9. The van der Waals surface area contributed by atoms with E-state index in [1.54, 1.807) is 16.0 Å². The molecule has 1 aromatic rings. The molecule has 0 bridgehead atoms. The van der Waals surface area contributed by atoms with E-state index in [2.05, 4.69) is 10.4 Å². The van der Waals surface area contributed by atoms with Crippen LogP contribution in [0.5, 0.6) is 0 Å². The summed E-state index contributed by atoms with van der Waals surface area (Å²) >= 11 is 0. The molecule has 2 amide bonds. The highest BCUT2D eigenvalue weighted by Gasteiger charge is 2.45. The van der Waals surface area contributed by atoms with Gasteiger partial charge in [-0.2, -0.15) is 5.10 Å².